The van der Waals surface area contributed by atoms with E-state index in [1.165, 1.54) is 0 Å². The van der Waals surface area contributed by atoms with E-state index in [2.05, 4.69) is 5.32 Å². The van der Waals surface area contributed by atoms with Crippen LogP contribution in [0.15, 0.2) is 47.4 Å². The largest absolute Gasteiger partial charge is 0.357 e. The molecule has 0 spiro atoms. The van der Waals surface area contributed by atoms with Crippen molar-refractivity contribution in [3.05, 3.63) is 63.1 Å². The highest BCUT2D eigenvalue weighted by atomic mass is 35.5. The van der Waals surface area contributed by atoms with Crippen LogP contribution in [0.3, 0.4) is 0 Å². The van der Waals surface area contributed by atoms with Crippen LogP contribution in [0.2, 0.25) is 15.1 Å². The second-order valence-electron chi connectivity index (χ2n) is 6.71. The Kier molecular flexibility index (Phi) is 10.3. The van der Waals surface area contributed by atoms with Gasteiger partial charge in [-0.15, -0.1) is 11.8 Å². The molecule has 0 saturated heterocycles. The van der Waals surface area contributed by atoms with Gasteiger partial charge < -0.3 is 10.2 Å². The summed E-state index contributed by atoms with van der Waals surface area (Å²) in [6.45, 7) is 2.19. The maximum Gasteiger partial charge on any atom is 0.242 e. The molecule has 0 aliphatic carbocycles. The van der Waals surface area contributed by atoms with E-state index in [-0.39, 0.29) is 11.8 Å². The van der Waals surface area contributed by atoms with Gasteiger partial charge in [0.15, 0.2) is 0 Å². The minimum absolute atomic E-state index is 0.0618. The normalized spacial score (nSPS) is 11.8. The van der Waals surface area contributed by atoms with Crippen LogP contribution in [0.4, 0.5) is 0 Å². The molecular formula is C22H25Cl3N2O2S. The molecule has 1 N–H and O–H groups in total. The molecule has 0 aromatic heterocycles. The van der Waals surface area contributed by atoms with Crippen molar-refractivity contribution in [1.82, 2.24) is 10.2 Å². The van der Waals surface area contributed by atoms with Crippen molar-refractivity contribution >= 4 is 58.4 Å². The zero-order chi connectivity index (χ0) is 22.1. The van der Waals surface area contributed by atoms with Gasteiger partial charge in [-0.25, -0.2) is 0 Å². The molecule has 162 valence electrons. The van der Waals surface area contributed by atoms with Crippen LogP contribution >= 0.6 is 46.6 Å². The minimum Gasteiger partial charge on any atom is -0.357 e. The summed E-state index contributed by atoms with van der Waals surface area (Å²) >= 11 is 19.7. The number of halogens is 3. The van der Waals surface area contributed by atoms with Crippen LogP contribution in [0.5, 0.6) is 0 Å². The van der Waals surface area contributed by atoms with Crippen molar-refractivity contribution in [2.75, 3.05) is 12.8 Å². The minimum atomic E-state index is -0.541. The second kappa shape index (κ2) is 12.5. The topological polar surface area (TPSA) is 49.4 Å². The average molecular weight is 488 g/mol. The second-order valence-corrected chi connectivity index (χ2v) is 9.13. The molecule has 2 amide bonds. The highest BCUT2D eigenvalue weighted by Gasteiger charge is 2.27. The van der Waals surface area contributed by atoms with Crippen molar-refractivity contribution in [2.45, 2.75) is 43.7 Å². The molecule has 0 radical (unpaired) electrons. The van der Waals surface area contributed by atoms with E-state index in [0.717, 1.165) is 16.2 Å². The van der Waals surface area contributed by atoms with Crippen LogP contribution in [-0.2, 0) is 16.1 Å². The first-order chi connectivity index (χ1) is 14.3. The fourth-order valence-electron chi connectivity index (χ4n) is 3.01. The number of amides is 2. The number of benzene rings is 2. The molecule has 0 fully saturated rings. The van der Waals surface area contributed by atoms with E-state index in [1.807, 2.05) is 37.3 Å². The van der Waals surface area contributed by atoms with Crippen molar-refractivity contribution < 1.29 is 9.59 Å². The van der Waals surface area contributed by atoms with Gasteiger partial charge in [0.1, 0.15) is 6.04 Å². The fourth-order valence-corrected chi connectivity index (χ4v) is 4.31. The zero-order valence-corrected chi connectivity index (χ0v) is 20.0. The Bertz CT molecular complexity index is 862. The van der Waals surface area contributed by atoms with E-state index in [4.69, 9.17) is 34.8 Å². The molecule has 4 nitrogen and oxygen atoms in total. The smallest absolute Gasteiger partial charge is 0.242 e. The van der Waals surface area contributed by atoms with Crippen LogP contribution < -0.4 is 5.32 Å². The lowest BCUT2D eigenvalue weighted by Gasteiger charge is -2.30. The molecule has 0 aliphatic heterocycles. The lowest BCUT2D eigenvalue weighted by molar-refractivity contribution is -0.141. The van der Waals surface area contributed by atoms with Gasteiger partial charge in [0.25, 0.3) is 0 Å². The van der Waals surface area contributed by atoms with Gasteiger partial charge in [-0.05, 0) is 60.6 Å². The fraction of sp³-hybridized carbons (Fsp3) is 0.364. The number of thioether (sulfide) groups is 1. The van der Waals surface area contributed by atoms with Gasteiger partial charge in [-0.2, -0.15) is 0 Å². The molecule has 8 heteroatoms. The number of nitrogens with zero attached hydrogens (tertiary/aromatic N) is 1. The van der Waals surface area contributed by atoms with E-state index in [0.29, 0.717) is 40.9 Å². The summed E-state index contributed by atoms with van der Waals surface area (Å²) in [6, 6.07) is 12.3. The maximum atomic E-state index is 13.0. The molecule has 0 saturated carbocycles. The summed E-state index contributed by atoms with van der Waals surface area (Å²) in [6.07, 6.45) is 1.58. The van der Waals surface area contributed by atoms with Crippen LogP contribution in [0.25, 0.3) is 0 Å². The number of likely N-dealkylation sites (N-methyl/N-ethyl adjacent to an activating group) is 1. The predicted molar refractivity (Wildman–Crippen MR) is 127 cm³/mol. The van der Waals surface area contributed by atoms with Gasteiger partial charge in [-0.1, -0.05) is 47.8 Å². The Morgan fingerprint density at radius 3 is 2.37 bits per heavy atom. The van der Waals surface area contributed by atoms with Crippen molar-refractivity contribution in [2.24, 2.45) is 0 Å². The number of carbonyl (C=O) groups excluding carboxylic acids is 2. The van der Waals surface area contributed by atoms with E-state index >= 15 is 0 Å². The Morgan fingerprint density at radius 1 is 1.07 bits per heavy atom. The first-order valence-electron chi connectivity index (χ1n) is 9.69. The third-order valence-corrected chi connectivity index (χ3v) is 6.68. The van der Waals surface area contributed by atoms with E-state index < -0.39 is 6.04 Å². The molecule has 0 aliphatic rings. The molecule has 2 aromatic rings. The molecule has 0 bridgehead atoms. The number of nitrogens with one attached hydrogen (secondary N) is 1. The van der Waals surface area contributed by atoms with Gasteiger partial charge >= 0.3 is 0 Å². The maximum absolute atomic E-state index is 13.0. The first kappa shape index (κ1) is 24.9. The molecule has 0 heterocycles. The predicted octanol–water partition coefficient (Wildman–Crippen LogP) is 6.07. The summed E-state index contributed by atoms with van der Waals surface area (Å²) in [4.78, 5) is 28.1. The Balaban J connectivity index is 2.04. The average Bonchev–Trinajstić information content (AvgIpc) is 2.74. The highest BCUT2D eigenvalue weighted by Crippen LogP contribution is 2.25. The summed E-state index contributed by atoms with van der Waals surface area (Å²) in [5, 5.41) is 4.24. The number of carbonyl (C=O) groups is 2. The molecule has 0 unspecified atom stereocenters. The van der Waals surface area contributed by atoms with Gasteiger partial charge in [0.05, 0.1) is 10.0 Å². The van der Waals surface area contributed by atoms with Crippen molar-refractivity contribution in [1.29, 1.82) is 0 Å². The summed E-state index contributed by atoms with van der Waals surface area (Å²) in [5.74, 6) is 0.555. The number of hydrogen-bond donors (Lipinski definition) is 1. The van der Waals surface area contributed by atoms with Crippen LogP contribution in [-0.4, -0.2) is 35.6 Å². The van der Waals surface area contributed by atoms with E-state index in [9.17, 15) is 9.59 Å². The van der Waals surface area contributed by atoms with Gasteiger partial charge in [-0.3, -0.25) is 9.59 Å². The van der Waals surface area contributed by atoms with Gasteiger partial charge in [0.2, 0.25) is 11.8 Å². The SMILES string of the molecule is CC[C@@H](C(=O)NC)N(Cc1ccc(Cl)c(Cl)c1)C(=O)CCCSc1ccc(Cl)cc1. The number of hydrogen-bond acceptors (Lipinski definition) is 3. The monoisotopic (exact) mass is 486 g/mol. The van der Waals surface area contributed by atoms with Crippen molar-refractivity contribution in [3.8, 4) is 0 Å². The lowest BCUT2D eigenvalue weighted by atomic mass is 10.1. The molecule has 30 heavy (non-hydrogen) atoms. The summed E-state index contributed by atoms with van der Waals surface area (Å²) in [5.41, 5.74) is 0.829. The third-order valence-electron chi connectivity index (χ3n) is 4.59. The quantitative estimate of drug-likeness (QED) is 0.327. The van der Waals surface area contributed by atoms with Crippen LogP contribution in [0, 0.1) is 0 Å². The number of rotatable bonds is 10. The Labute approximate surface area is 197 Å². The molecular weight excluding hydrogens is 463 g/mol. The Hall–Kier alpha value is -1.40. The van der Waals surface area contributed by atoms with Crippen LogP contribution in [0.1, 0.15) is 31.7 Å². The van der Waals surface area contributed by atoms with Crippen molar-refractivity contribution in [3.63, 3.8) is 0 Å². The third kappa shape index (κ3) is 7.38. The summed E-state index contributed by atoms with van der Waals surface area (Å²) < 4.78 is 0. The van der Waals surface area contributed by atoms with Gasteiger partial charge in [0, 0.05) is 29.9 Å². The Morgan fingerprint density at radius 2 is 1.77 bits per heavy atom. The highest BCUT2D eigenvalue weighted by molar-refractivity contribution is 7.99. The molecule has 2 aromatic carbocycles. The lowest BCUT2D eigenvalue weighted by Crippen LogP contribution is -2.48. The molecule has 1 atom stereocenters. The zero-order valence-electron chi connectivity index (χ0n) is 17.0. The van der Waals surface area contributed by atoms with E-state index in [1.54, 1.807) is 35.8 Å². The molecule has 2 rings (SSSR count). The standard InChI is InChI=1S/C22H25Cl3N2O2S/c1-3-20(22(29)26-2)27(14-15-6-11-18(24)19(25)13-15)21(28)5-4-12-30-17-9-7-16(23)8-10-17/h6-11,13,20H,3-5,12,14H2,1-2H3,(H,26,29)/t20-/m0/s1. The first-order valence-corrected chi connectivity index (χ1v) is 11.8. The summed E-state index contributed by atoms with van der Waals surface area (Å²) in [7, 11) is 1.58.